The van der Waals surface area contributed by atoms with Crippen LogP contribution in [0.5, 0.6) is 0 Å². The van der Waals surface area contributed by atoms with Gasteiger partial charge < -0.3 is 0 Å². The predicted molar refractivity (Wildman–Crippen MR) is 26.9 cm³/mol. The number of ketones is 1. The molecule has 0 unspecified atom stereocenters. The highest BCUT2D eigenvalue weighted by molar-refractivity contribution is 5.97. The fourth-order valence-corrected chi connectivity index (χ4v) is 0.933. The zero-order valence-corrected chi connectivity index (χ0v) is 4.63. The standard InChI is InChI=1S/C5H4N2O2/c8-4-2-1-3-5(4)7-9-6-3/h1-2H2. The van der Waals surface area contributed by atoms with Crippen LogP contribution in [-0.4, -0.2) is 16.1 Å². The lowest BCUT2D eigenvalue weighted by molar-refractivity contribution is 0.0982. The Kier molecular flexibility index (Phi) is 0.726. The van der Waals surface area contributed by atoms with Crippen LogP contribution in [0, 0.1) is 0 Å². The van der Waals surface area contributed by atoms with Gasteiger partial charge in [0.15, 0.2) is 11.5 Å². The lowest BCUT2D eigenvalue weighted by Crippen LogP contribution is -1.90. The van der Waals surface area contributed by atoms with Crippen LogP contribution in [0.25, 0.3) is 0 Å². The van der Waals surface area contributed by atoms with Gasteiger partial charge in [0.25, 0.3) is 0 Å². The van der Waals surface area contributed by atoms with Crippen LogP contribution in [0.1, 0.15) is 22.6 Å². The van der Waals surface area contributed by atoms with Gasteiger partial charge in [-0.15, -0.1) is 0 Å². The maximum absolute atomic E-state index is 10.8. The Labute approximate surface area is 50.8 Å². The maximum Gasteiger partial charge on any atom is 0.187 e. The van der Waals surface area contributed by atoms with Gasteiger partial charge >= 0.3 is 0 Å². The Hall–Kier alpha value is -1.19. The third-order valence-corrected chi connectivity index (χ3v) is 1.41. The molecule has 1 aromatic heterocycles. The molecule has 4 heteroatoms. The van der Waals surface area contributed by atoms with Crippen molar-refractivity contribution in [2.45, 2.75) is 12.8 Å². The van der Waals surface area contributed by atoms with E-state index in [1.165, 1.54) is 0 Å². The fourth-order valence-electron chi connectivity index (χ4n) is 0.933. The van der Waals surface area contributed by atoms with Crippen molar-refractivity contribution >= 4 is 5.78 Å². The molecule has 9 heavy (non-hydrogen) atoms. The first-order valence-corrected chi connectivity index (χ1v) is 2.72. The van der Waals surface area contributed by atoms with E-state index < -0.39 is 0 Å². The van der Waals surface area contributed by atoms with Gasteiger partial charge in [-0.3, -0.25) is 4.79 Å². The lowest BCUT2D eigenvalue weighted by Gasteiger charge is -1.75. The highest BCUT2D eigenvalue weighted by Gasteiger charge is 2.24. The van der Waals surface area contributed by atoms with E-state index in [0.717, 1.165) is 0 Å². The van der Waals surface area contributed by atoms with E-state index in [1.54, 1.807) is 0 Å². The van der Waals surface area contributed by atoms with Gasteiger partial charge in [0.05, 0.1) is 0 Å². The summed E-state index contributed by atoms with van der Waals surface area (Å²) in [6.45, 7) is 0. The highest BCUT2D eigenvalue weighted by Crippen LogP contribution is 2.16. The summed E-state index contributed by atoms with van der Waals surface area (Å²) in [6.07, 6.45) is 1.23. The number of rotatable bonds is 0. The quantitative estimate of drug-likeness (QED) is 0.495. The van der Waals surface area contributed by atoms with E-state index in [2.05, 4.69) is 14.9 Å². The van der Waals surface area contributed by atoms with E-state index >= 15 is 0 Å². The van der Waals surface area contributed by atoms with E-state index in [4.69, 9.17) is 0 Å². The van der Waals surface area contributed by atoms with Crippen LogP contribution in [0.2, 0.25) is 0 Å². The first-order valence-electron chi connectivity index (χ1n) is 2.72. The van der Waals surface area contributed by atoms with Gasteiger partial charge in [0.2, 0.25) is 0 Å². The molecule has 0 saturated carbocycles. The molecular weight excluding hydrogens is 120 g/mol. The zero-order valence-electron chi connectivity index (χ0n) is 4.63. The van der Waals surface area contributed by atoms with Crippen molar-refractivity contribution in [1.29, 1.82) is 0 Å². The highest BCUT2D eigenvalue weighted by atomic mass is 16.6. The number of Topliss-reactive ketones (excluding diaryl/α,β-unsaturated/α-hetero) is 1. The van der Waals surface area contributed by atoms with Crippen LogP contribution in [-0.2, 0) is 6.42 Å². The van der Waals surface area contributed by atoms with Crippen molar-refractivity contribution in [3.8, 4) is 0 Å². The molecule has 0 aromatic carbocycles. The summed E-state index contributed by atoms with van der Waals surface area (Å²) in [5.41, 5.74) is 1.13. The smallest absolute Gasteiger partial charge is 0.187 e. The molecule has 0 amide bonds. The number of aromatic nitrogens is 2. The van der Waals surface area contributed by atoms with Crippen LogP contribution >= 0.6 is 0 Å². The SMILES string of the molecule is O=C1CCc2nonc21. The van der Waals surface area contributed by atoms with Gasteiger partial charge in [-0.25, -0.2) is 4.63 Å². The van der Waals surface area contributed by atoms with Crippen LogP contribution in [0.15, 0.2) is 4.63 Å². The molecular formula is C5H4N2O2. The normalized spacial score (nSPS) is 16.2. The predicted octanol–water partition coefficient (Wildman–Crippen LogP) is 0.198. The van der Waals surface area contributed by atoms with E-state index in [0.29, 0.717) is 24.2 Å². The average Bonchev–Trinajstić information content (AvgIpc) is 2.35. The second-order valence-electron chi connectivity index (χ2n) is 1.98. The third kappa shape index (κ3) is 0.497. The summed E-state index contributed by atoms with van der Waals surface area (Å²) in [5.74, 6) is 0.0475. The molecule has 1 aromatic rings. The Bertz CT molecular complexity index is 253. The molecule has 1 heterocycles. The molecule has 1 aliphatic rings. The number of carbonyl (C=O) groups is 1. The van der Waals surface area contributed by atoms with E-state index in [-0.39, 0.29) is 5.78 Å². The first kappa shape index (κ1) is 4.67. The maximum atomic E-state index is 10.8. The van der Waals surface area contributed by atoms with Gasteiger partial charge in [-0.2, -0.15) is 0 Å². The topological polar surface area (TPSA) is 56.0 Å². The first-order chi connectivity index (χ1) is 4.38. The summed E-state index contributed by atoms with van der Waals surface area (Å²) in [7, 11) is 0. The zero-order chi connectivity index (χ0) is 6.27. The Morgan fingerprint density at radius 3 is 3.00 bits per heavy atom. The second kappa shape index (κ2) is 1.40. The van der Waals surface area contributed by atoms with Crippen LogP contribution in [0.3, 0.4) is 0 Å². The van der Waals surface area contributed by atoms with Crippen molar-refractivity contribution in [2.24, 2.45) is 0 Å². The molecule has 0 fully saturated rings. The summed E-state index contributed by atoms with van der Waals surface area (Å²) in [4.78, 5) is 10.8. The van der Waals surface area contributed by atoms with Crippen LogP contribution in [0.4, 0.5) is 0 Å². The minimum atomic E-state index is 0.0475. The van der Waals surface area contributed by atoms with Crippen molar-refractivity contribution in [3.63, 3.8) is 0 Å². The number of hydrogen-bond donors (Lipinski definition) is 0. The number of hydrogen-bond acceptors (Lipinski definition) is 4. The van der Waals surface area contributed by atoms with E-state index in [9.17, 15) is 4.79 Å². The molecule has 4 nitrogen and oxygen atoms in total. The second-order valence-corrected chi connectivity index (χ2v) is 1.98. The average molecular weight is 124 g/mol. The largest absolute Gasteiger partial charge is 0.292 e. The number of fused-ring (bicyclic) bond motifs is 1. The summed E-state index contributed by atoms with van der Waals surface area (Å²) in [5, 5.41) is 6.98. The van der Waals surface area contributed by atoms with Crippen molar-refractivity contribution in [3.05, 3.63) is 11.4 Å². The molecule has 0 saturated heterocycles. The molecule has 0 N–H and O–H groups in total. The van der Waals surface area contributed by atoms with Gasteiger partial charge in [-0.1, -0.05) is 5.16 Å². The summed E-state index contributed by atoms with van der Waals surface area (Å²) in [6, 6.07) is 0. The van der Waals surface area contributed by atoms with Gasteiger partial charge in [0, 0.05) is 12.8 Å². The minimum absolute atomic E-state index is 0.0475. The molecule has 0 atom stereocenters. The van der Waals surface area contributed by atoms with E-state index in [1.807, 2.05) is 0 Å². The number of carbonyl (C=O) groups excluding carboxylic acids is 1. The number of nitrogens with zero attached hydrogens (tertiary/aromatic N) is 2. The van der Waals surface area contributed by atoms with Crippen molar-refractivity contribution in [1.82, 2.24) is 10.3 Å². The Balaban J connectivity index is 2.61. The molecule has 2 rings (SSSR count). The van der Waals surface area contributed by atoms with Gasteiger partial charge in [0.1, 0.15) is 5.69 Å². The minimum Gasteiger partial charge on any atom is -0.292 e. The molecule has 46 valence electrons. The van der Waals surface area contributed by atoms with Crippen molar-refractivity contribution < 1.29 is 9.42 Å². The molecule has 0 bridgehead atoms. The van der Waals surface area contributed by atoms with Crippen molar-refractivity contribution in [2.75, 3.05) is 0 Å². The Morgan fingerprint density at radius 2 is 2.22 bits per heavy atom. The molecule has 1 aliphatic carbocycles. The molecule has 0 spiro atoms. The fraction of sp³-hybridized carbons (Fsp3) is 0.400. The monoisotopic (exact) mass is 124 g/mol. The lowest BCUT2D eigenvalue weighted by atomic mass is 10.3. The van der Waals surface area contributed by atoms with Gasteiger partial charge in [-0.05, 0) is 5.16 Å². The Morgan fingerprint density at radius 1 is 1.33 bits per heavy atom. The molecule has 0 aliphatic heterocycles. The number of aryl methyl sites for hydroxylation is 1. The summed E-state index contributed by atoms with van der Waals surface area (Å²) >= 11 is 0. The third-order valence-electron chi connectivity index (χ3n) is 1.41. The summed E-state index contributed by atoms with van der Waals surface area (Å²) < 4.78 is 4.34. The molecule has 0 radical (unpaired) electrons. The van der Waals surface area contributed by atoms with Crippen LogP contribution < -0.4 is 0 Å².